The molecule has 2 aromatic rings. The third kappa shape index (κ3) is 5.48. The predicted molar refractivity (Wildman–Crippen MR) is 91.1 cm³/mol. The molecule has 0 radical (unpaired) electrons. The SMILES string of the molecule is CN(C)CCN(Cc1ccc(F)c(F)c1)C(=O)c1ccc(F)c(C(F)(F)F)c1. The molecule has 0 heterocycles. The molecule has 2 aromatic carbocycles. The van der Waals surface area contributed by atoms with Gasteiger partial charge in [0.1, 0.15) is 5.82 Å². The Morgan fingerprint density at radius 1 is 0.893 bits per heavy atom. The molecular weight excluding hydrogens is 386 g/mol. The average Bonchev–Trinajstić information content (AvgIpc) is 2.60. The van der Waals surface area contributed by atoms with Crippen LogP contribution >= 0.6 is 0 Å². The fourth-order valence-electron chi connectivity index (χ4n) is 2.49. The molecule has 0 aliphatic heterocycles. The van der Waals surface area contributed by atoms with Crippen LogP contribution in [-0.2, 0) is 12.7 Å². The number of hydrogen-bond acceptors (Lipinski definition) is 2. The van der Waals surface area contributed by atoms with Gasteiger partial charge < -0.3 is 9.80 Å². The highest BCUT2D eigenvalue weighted by atomic mass is 19.4. The van der Waals surface area contributed by atoms with Gasteiger partial charge in [0.2, 0.25) is 0 Å². The fourth-order valence-corrected chi connectivity index (χ4v) is 2.49. The number of halogens is 6. The van der Waals surface area contributed by atoms with Gasteiger partial charge in [-0.05, 0) is 50.0 Å². The molecule has 1 amide bonds. The highest BCUT2D eigenvalue weighted by Crippen LogP contribution is 2.32. The zero-order chi connectivity index (χ0) is 21.1. The van der Waals surface area contributed by atoms with Crippen LogP contribution in [0.15, 0.2) is 36.4 Å². The van der Waals surface area contributed by atoms with Crippen LogP contribution in [0, 0.1) is 17.5 Å². The summed E-state index contributed by atoms with van der Waals surface area (Å²) in [6, 6.07) is 5.08. The van der Waals surface area contributed by atoms with Gasteiger partial charge >= 0.3 is 6.18 Å². The molecule has 0 unspecified atom stereocenters. The van der Waals surface area contributed by atoms with Gasteiger partial charge in [-0.15, -0.1) is 0 Å². The first kappa shape index (κ1) is 21.7. The number of carbonyl (C=O) groups is 1. The lowest BCUT2D eigenvalue weighted by molar-refractivity contribution is -0.140. The molecule has 0 N–H and O–H groups in total. The van der Waals surface area contributed by atoms with Crippen molar-refractivity contribution in [2.45, 2.75) is 12.7 Å². The zero-order valence-electron chi connectivity index (χ0n) is 15.2. The van der Waals surface area contributed by atoms with Crippen LogP contribution in [-0.4, -0.2) is 42.9 Å². The van der Waals surface area contributed by atoms with E-state index >= 15 is 0 Å². The minimum Gasteiger partial charge on any atom is -0.333 e. The van der Waals surface area contributed by atoms with Crippen molar-refractivity contribution in [1.29, 1.82) is 0 Å². The third-order valence-corrected chi connectivity index (χ3v) is 3.98. The Labute approximate surface area is 158 Å². The van der Waals surface area contributed by atoms with Crippen LogP contribution in [0.25, 0.3) is 0 Å². The summed E-state index contributed by atoms with van der Waals surface area (Å²) in [5.74, 6) is -4.41. The standard InChI is InChI=1S/C19H18F6N2O/c1-26(2)7-8-27(11-12-3-5-16(21)17(22)9-12)18(28)13-4-6-15(20)14(10-13)19(23,24)25/h3-6,9-10H,7-8,11H2,1-2H3. The Bertz CT molecular complexity index is 851. The molecule has 0 aliphatic carbocycles. The first-order valence-corrected chi connectivity index (χ1v) is 8.23. The maximum atomic E-state index is 13.5. The number of nitrogens with zero attached hydrogens (tertiary/aromatic N) is 2. The van der Waals surface area contributed by atoms with Crippen LogP contribution in [0.5, 0.6) is 0 Å². The van der Waals surface area contributed by atoms with Crippen molar-refractivity contribution in [2.75, 3.05) is 27.2 Å². The fraction of sp³-hybridized carbons (Fsp3) is 0.316. The Hall–Kier alpha value is -2.55. The Morgan fingerprint density at radius 3 is 2.11 bits per heavy atom. The van der Waals surface area contributed by atoms with Crippen molar-refractivity contribution in [1.82, 2.24) is 9.80 Å². The summed E-state index contributed by atoms with van der Waals surface area (Å²) in [5, 5.41) is 0. The minimum atomic E-state index is -4.95. The molecule has 0 bridgehead atoms. The third-order valence-electron chi connectivity index (χ3n) is 3.98. The number of amides is 1. The van der Waals surface area contributed by atoms with E-state index in [0.29, 0.717) is 18.7 Å². The molecule has 152 valence electrons. The quantitative estimate of drug-likeness (QED) is 0.670. The Kier molecular flexibility index (Phi) is 6.71. The number of likely N-dealkylation sites (N-methyl/N-ethyl adjacent to an activating group) is 1. The second-order valence-corrected chi connectivity index (χ2v) is 6.47. The van der Waals surface area contributed by atoms with E-state index in [9.17, 15) is 31.1 Å². The van der Waals surface area contributed by atoms with Gasteiger partial charge in [0.15, 0.2) is 11.6 Å². The van der Waals surface area contributed by atoms with Crippen LogP contribution in [0.3, 0.4) is 0 Å². The number of rotatable bonds is 6. The molecule has 0 saturated heterocycles. The number of hydrogen-bond donors (Lipinski definition) is 0. The maximum absolute atomic E-state index is 13.5. The van der Waals surface area contributed by atoms with E-state index < -0.39 is 35.1 Å². The summed E-state index contributed by atoms with van der Waals surface area (Å²) in [5.41, 5.74) is -1.63. The van der Waals surface area contributed by atoms with Gasteiger partial charge in [-0.25, -0.2) is 13.2 Å². The van der Waals surface area contributed by atoms with E-state index in [1.807, 2.05) is 0 Å². The smallest absolute Gasteiger partial charge is 0.333 e. The first-order chi connectivity index (χ1) is 13.0. The topological polar surface area (TPSA) is 23.6 Å². The second-order valence-electron chi connectivity index (χ2n) is 6.47. The van der Waals surface area contributed by atoms with Crippen LogP contribution in [0.2, 0.25) is 0 Å². The molecule has 0 saturated carbocycles. The van der Waals surface area contributed by atoms with E-state index in [4.69, 9.17) is 0 Å². The summed E-state index contributed by atoms with van der Waals surface area (Å²) in [6.45, 7) is 0.342. The molecule has 0 aromatic heterocycles. The van der Waals surface area contributed by atoms with Gasteiger partial charge in [0.05, 0.1) is 5.56 Å². The predicted octanol–water partition coefficient (Wildman–Crippen LogP) is 4.33. The van der Waals surface area contributed by atoms with Crippen molar-refractivity contribution < 1.29 is 31.1 Å². The lowest BCUT2D eigenvalue weighted by Gasteiger charge is -2.25. The Balaban J connectivity index is 2.34. The summed E-state index contributed by atoms with van der Waals surface area (Å²) < 4.78 is 78.8. The van der Waals surface area contributed by atoms with Crippen molar-refractivity contribution in [3.05, 3.63) is 70.5 Å². The lowest BCUT2D eigenvalue weighted by Crippen LogP contribution is -2.36. The van der Waals surface area contributed by atoms with Gasteiger partial charge in [-0.1, -0.05) is 6.07 Å². The monoisotopic (exact) mass is 404 g/mol. The van der Waals surface area contributed by atoms with Gasteiger partial charge in [0, 0.05) is 25.2 Å². The summed E-state index contributed by atoms with van der Waals surface area (Å²) in [4.78, 5) is 15.7. The first-order valence-electron chi connectivity index (χ1n) is 8.23. The summed E-state index contributed by atoms with van der Waals surface area (Å²) >= 11 is 0. The molecular formula is C19H18F6N2O. The van der Waals surface area contributed by atoms with Crippen LogP contribution < -0.4 is 0 Å². The molecule has 0 spiro atoms. The van der Waals surface area contributed by atoms with Crippen molar-refractivity contribution >= 4 is 5.91 Å². The highest BCUT2D eigenvalue weighted by Gasteiger charge is 2.35. The maximum Gasteiger partial charge on any atom is 0.419 e. The second kappa shape index (κ2) is 8.64. The van der Waals surface area contributed by atoms with Crippen molar-refractivity contribution in [3.63, 3.8) is 0 Å². The number of benzene rings is 2. The molecule has 0 aliphatic rings. The normalized spacial score (nSPS) is 11.8. The minimum absolute atomic E-state index is 0.115. The zero-order valence-corrected chi connectivity index (χ0v) is 15.2. The molecule has 2 rings (SSSR count). The lowest BCUT2D eigenvalue weighted by atomic mass is 10.1. The molecule has 28 heavy (non-hydrogen) atoms. The largest absolute Gasteiger partial charge is 0.419 e. The highest BCUT2D eigenvalue weighted by molar-refractivity contribution is 5.94. The van der Waals surface area contributed by atoms with E-state index in [1.165, 1.54) is 11.0 Å². The Morgan fingerprint density at radius 2 is 1.54 bits per heavy atom. The van der Waals surface area contributed by atoms with Crippen LogP contribution in [0.4, 0.5) is 26.3 Å². The molecule has 9 heteroatoms. The van der Waals surface area contributed by atoms with Crippen molar-refractivity contribution in [2.24, 2.45) is 0 Å². The number of carbonyl (C=O) groups excluding carboxylic acids is 1. The summed E-state index contributed by atoms with van der Waals surface area (Å²) in [6.07, 6.45) is -4.95. The van der Waals surface area contributed by atoms with Gasteiger partial charge in [-0.3, -0.25) is 4.79 Å². The molecule has 0 fully saturated rings. The van der Waals surface area contributed by atoms with E-state index in [0.717, 1.165) is 18.2 Å². The summed E-state index contributed by atoms with van der Waals surface area (Å²) in [7, 11) is 3.47. The average molecular weight is 404 g/mol. The molecule has 3 nitrogen and oxygen atoms in total. The van der Waals surface area contributed by atoms with E-state index in [-0.39, 0.29) is 24.2 Å². The molecule has 0 atom stereocenters. The number of alkyl halides is 3. The van der Waals surface area contributed by atoms with Crippen molar-refractivity contribution in [3.8, 4) is 0 Å². The van der Waals surface area contributed by atoms with Crippen LogP contribution in [0.1, 0.15) is 21.5 Å². The van der Waals surface area contributed by atoms with E-state index in [2.05, 4.69) is 0 Å². The van der Waals surface area contributed by atoms with Gasteiger partial charge in [-0.2, -0.15) is 13.2 Å². The van der Waals surface area contributed by atoms with Gasteiger partial charge in [0.25, 0.3) is 5.91 Å². The van der Waals surface area contributed by atoms with E-state index in [1.54, 1.807) is 19.0 Å².